The Hall–Kier alpha value is -0.760. The minimum atomic E-state index is -4.51. The summed E-state index contributed by atoms with van der Waals surface area (Å²) in [6, 6.07) is 0. The normalized spacial score (nSPS) is 14.0. The maximum atomic E-state index is 12.6. The molecule has 50 heavy (non-hydrogen) atoms. The van der Waals surface area contributed by atoms with E-state index in [-0.39, 0.29) is 25.8 Å². The molecule has 0 heterocycles. The number of phosphoric acid groups is 1. The third-order valence-corrected chi connectivity index (χ3v) is 10.0. The first-order valence-corrected chi connectivity index (χ1v) is 22.4. The molecular weight excluding hydrogens is 649 g/mol. The first-order valence-electron chi connectivity index (χ1n) is 20.9. The van der Waals surface area contributed by atoms with Crippen LogP contribution in [0.15, 0.2) is 12.2 Å². The maximum Gasteiger partial charge on any atom is 0.306 e. The minimum absolute atomic E-state index is 0.0286. The molecule has 0 N–H and O–H groups in total. The second kappa shape index (κ2) is 35.3. The summed E-state index contributed by atoms with van der Waals surface area (Å²) in [4.78, 5) is 24.9. The molecule has 2 unspecified atom stereocenters. The lowest BCUT2D eigenvalue weighted by Crippen LogP contribution is -2.37. The Morgan fingerprint density at radius 3 is 1.52 bits per heavy atom. The van der Waals surface area contributed by atoms with Gasteiger partial charge in [-0.15, -0.1) is 0 Å². The van der Waals surface area contributed by atoms with Gasteiger partial charge in [0.2, 0.25) is 0 Å². The number of rotatable bonds is 39. The van der Waals surface area contributed by atoms with Crippen LogP contribution in [-0.2, 0) is 27.9 Å². The Morgan fingerprint density at radius 2 is 1.04 bits per heavy atom. The summed E-state index contributed by atoms with van der Waals surface area (Å²) in [6.07, 6.45) is 36.5. The molecule has 0 saturated heterocycles. The summed E-state index contributed by atoms with van der Waals surface area (Å²) in [5.74, 6) is -0.335. The predicted molar refractivity (Wildman–Crippen MR) is 208 cm³/mol. The van der Waals surface area contributed by atoms with E-state index in [1.54, 1.807) is 0 Å². The van der Waals surface area contributed by atoms with Gasteiger partial charge in [0.25, 0.3) is 7.82 Å². The van der Waals surface area contributed by atoms with E-state index in [2.05, 4.69) is 26.0 Å². The highest BCUT2D eigenvalue weighted by atomic mass is 31.2. The summed E-state index contributed by atoms with van der Waals surface area (Å²) in [6.45, 7) is 5.41. The molecule has 0 fully saturated rings. The lowest BCUT2D eigenvalue weighted by Gasteiger charge is -2.28. The Bertz CT molecular complexity index is 817. The Labute approximate surface area is 310 Å². The molecule has 0 amide bonds. The van der Waals surface area contributed by atoms with Crippen molar-refractivity contribution in [3.8, 4) is 0 Å². The van der Waals surface area contributed by atoms with Crippen LogP contribution in [0.5, 0.6) is 0 Å². The zero-order valence-corrected chi connectivity index (χ0v) is 34.5. The molecule has 0 aromatic heterocycles. The largest absolute Gasteiger partial charge is 0.756 e. The van der Waals surface area contributed by atoms with Gasteiger partial charge in [0, 0.05) is 13.0 Å². The molecule has 0 aromatic rings. The fourth-order valence-corrected chi connectivity index (χ4v) is 6.50. The average molecular weight is 732 g/mol. The maximum absolute atomic E-state index is 12.6. The number of hydrogen-bond donors (Lipinski definition) is 0. The van der Waals surface area contributed by atoms with Gasteiger partial charge >= 0.3 is 5.97 Å². The van der Waals surface area contributed by atoms with Gasteiger partial charge in [-0.3, -0.25) is 9.36 Å². The third kappa shape index (κ3) is 38.5. The number of allylic oxidation sites excluding steroid dienone is 2. The van der Waals surface area contributed by atoms with Crippen LogP contribution >= 0.6 is 7.82 Å². The highest BCUT2D eigenvalue weighted by molar-refractivity contribution is 7.45. The molecule has 0 rings (SSSR count). The molecule has 0 saturated carbocycles. The van der Waals surface area contributed by atoms with Gasteiger partial charge in [-0.2, -0.15) is 0 Å². The summed E-state index contributed by atoms with van der Waals surface area (Å²) in [5, 5.41) is 0. The lowest BCUT2D eigenvalue weighted by atomic mass is 10.1. The van der Waals surface area contributed by atoms with Crippen molar-refractivity contribution < 1.29 is 37.3 Å². The summed E-state index contributed by atoms with van der Waals surface area (Å²) < 4.78 is 34.4. The fraction of sp³-hybridized carbons (Fsp3) is 0.927. The van der Waals surface area contributed by atoms with E-state index in [1.165, 1.54) is 135 Å². The number of carbonyl (C=O) groups is 1. The Balaban J connectivity index is 4.15. The first-order chi connectivity index (χ1) is 24.1. The van der Waals surface area contributed by atoms with E-state index in [9.17, 15) is 14.3 Å². The van der Waals surface area contributed by atoms with Crippen LogP contribution in [0.1, 0.15) is 187 Å². The van der Waals surface area contributed by atoms with Gasteiger partial charge in [0.1, 0.15) is 19.3 Å². The van der Waals surface area contributed by atoms with Gasteiger partial charge in [0.05, 0.1) is 34.4 Å². The third-order valence-electron chi connectivity index (χ3n) is 9.07. The van der Waals surface area contributed by atoms with Gasteiger partial charge in [0.15, 0.2) is 0 Å². The lowest BCUT2D eigenvalue weighted by molar-refractivity contribution is -0.870. The molecule has 0 radical (unpaired) electrons. The molecule has 2 atom stereocenters. The Morgan fingerprint density at radius 1 is 0.600 bits per heavy atom. The number of esters is 1. The summed E-state index contributed by atoms with van der Waals surface area (Å²) in [5.41, 5.74) is 0. The van der Waals surface area contributed by atoms with Crippen molar-refractivity contribution in [1.29, 1.82) is 0 Å². The molecule has 0 spiro atoms. The van der Waals surface area contributed by atoms with Crippen LogP contribution in [0.2, 0.25) is 0 Å². The van der Waals surface area contributed by atoms with E-state index in [4.69, 9.17) is 18.5 Å². The molecule has 0 aliphatic carbocycles. The molecule has 0 aromatic carbocycles. The minimum Gasteiger partial charge on any atom is -0.756 e. The number of quaternary nitrogens is 1. The molecule has 0 aliphatic heterocycles. The zero-order valence-electron chi connectivity index (χ0n) is 33.6. The zero-order chi connectivity index (χ0) is 37.0. The Kier molecular flexibility index (Phi) is 34.7. The van der Waals surface area contributed by atoms with Crippen molar-refractivity contribution >= 4 is 13.8 Å². The highest BCUT2D eigenvalue weighted by Gasteiger charge is 2.20. The van der Waals surface area contributed by atoms with Crippen molar-refractivity contribution in [2.75, 3.05) is 54.1 Å². The molecule has 298 valence electrons. The van der Waals surface area contributed by atoms with Gasteiger partial charge in [-0.1, -0.05) is 154 Å². The van der Waals surface area contributed by atoms with E-state index in [0.29, 0.717) is 24.1 Å². The van der Waals surface area contributed by atoms with Crippen LogP contribution in [0.25, 0.3) is 0 Å². The molecule has 9 heteroatoms. The molecule has 8 nitrogen and oxygen atoms in total. The van der Waals surface area contributed by atoms with Crippen LogP contribution < -0.4 is 4.89 Å². The van der Waals surface area contributed by atoms with E-state index in [0.717, 1.165) is 32.1 Å². The van der Waals surface area contributed by atoms with Crippen molar-refractivity contribution in [3.63, 3.8) is 0 Å². The standard InChI is InChI=1S/C41H82NO7P/c1-6-8-10-12-14-16-17-18-19-20-21-22-23-24-25-26-28-30-32-34-41(43)49-40(39-48-50(44,45)47-37-35-42(3,4)5)38-46-36-33-31-29-27-15-13-11-9-7-2/h18-19,40H,6-17,20-39H2,1-5H3/b19-18-. The van der Waals surface area contributed by atoms with E-state index < -0.39 is 13.9 Å². The van der Waals surface area contributed by atoms with Crippen molar-refractivity contribution in [3.05, 3.63) is 12.2 Å². The van der Waals surface area contributed by atoms with Crippen LogP contribution in [0, 0.1) is 0 Å². The molecule has 0 aliphatic rings. The number of phosphoric ester groups is 1. The number of carbonyl (C=O) groups excluding carboxylic acids is 1. The molecule has 0 bridgehead atoms. The average Bonchev–Trinajstić information content (AvgIpc) is 3.06. The van der Waals surface area contributed by atoms with Crippen molar-refractivity contribution in [2.24, 2.45) is 0 Å². The topological polar surface area (TPSA) is 94.1 Å². The number of ether oxygens (including phenoxy) is 2. The SMILES string of the molecule is CCCCCCCC/C=C\CCCCCCCCCCCC(=O)OC(COCCCCCCCCCCC)COP(=O)([O-])OCC[N+](C)(C)C. The van der Waals surface area contributed by atoms with Gasteiger partial charge in [-0.25, -0.2) is 0 Å². The van der Waals surface area contributed by atoms with Crippen molar-refractivity contribution in [1.82, 2.24) is 0 Å². The van der Waals surface area contributed by atoms with E-state index in [1.807, 2.05) is 21.1 Å². The second-order valence-corrected chi connectivity index (χ2v) is 16.8. The molecular formula is C41H82NO7P. The quantitative estimate of drug-likeness (QED) is 0.0204. The van der Waals surface area contributed by atoms with Crippen LogP contribution in [0.3, 0.4) is 0 Å². The van der Waals surface area contributed by atoms with Crippen molar-refractivity contribution in [2.45, 2.75) is 193 Å². The monoisotopic (exact) mass is 732 g/mol. The smallest absolute Gasteiger partial charge is 0.306 e. The predicted octanol–water partition coefficient (Wildman–Crippen LogP) is 11.3. The number of nitrogens with zero attached hydrogens (tertiary/aromatic N) is 1. The highest BCUT2D eigenvalue weighted by Crippen LogP contribution is 2.38. The number of unbranched alkanes of at least 4 members (excludes halogenated alkanes) is 23. The van der Waals surface area contributed by atoms with Gasteiger partial charge in [-0.05, 0) is 38.5 Å². The summed E-state index contributed by atoms with van der Waals surface area (Å²) >= 11 is 0. The number of hydrogen-bond acceptors (Lipinski definition) is 7. The summed E-state index contributed by atoms with van der Waals surface area (Å²) in [7, 11) is 1.36. The number of likely N-dealkylation sites (N-methyl/N-ethyl adjacent to an activating group) is 1. The van der Waals surface area contributed by atoms with E-state index >= 15 is 0 Å². The first kappa shape index (κ1) is 49.2. The second-order valence-electron chi connectivity index (χ2n) is 15.4. The van der Waals surface area contributed by atoms with Crippen LogP contribution in [-0.4, -0.2) is 70.7 Å². The van der Waals surface area contributed by atoms with Gasteiger partial charge < -0.3 is 27.9 Å². The van der Waals surface area contributed by atoms with Crippen LogP contribution in [0.4, 0.5) is 0 Å². The fourth-order valence-electron chi connectivity index (χ4n) is 5.78.